The van der Waals surface area contributed by atoms with Crippen LogP contribution in [0.3, 0.4) is 0 Å². The first-order valence-electron chi connectivity index (χ1n) is 10.3. The Bertz CT molecular complexity index is 1060. The summed E-state index contributed by atoms with van der Waals surface area (Å²) < 4.78 is 5.84. The molecule has 2 amide bonds. The Morgan fingerprint density at radius 2 is 1.55 bits per heavy atom. The number of hydrogen-bond donors (Lipinski definition) is 2. The number of nitrogens with one attached hydrogen (secondary N) is 2. The van der Waals surface area contributed by atoms with Crippen molar-refractivity contribution in [2.45, 2.75) is 39.8 Å². The zero-order chi connectivity index (χ0) is 22.4. The molecule has 0 radical (unpaired) electrons. The van der Waals surface area contributed by atoms with Gasteiger partial charge in [0, 0.05) is 0 Å². The molecule has 3 rings (SSSR count). The van der Waals surface area contributed by atoms with E-state index in [9.17, 15) is 9.59 Å². The second-order valence-electron chi connectivity index (χ2n) is 7.67. The van der Waals surface area contributed by atoms with E-state index in [-0.39, 0.29) is 17.9 Å². The number of amides is 2. The van der Waals surface area contributed by atoms with E-state index in [1.54, 1.807) is 31.2 Å². The molecule has 0 aliphatic carbocycles. The van der Waals surface area contributed by atoms with Gasteiger partial charge in [-0.15, -0.1) is 0 Å². The zero-order valence-electron chi connectivity index (χ0n) is 18.3. The summed E-state index contributed by atoms with van der Waals surface area (Å²) in [6.45, 7) is 7.57. The van der Waals surface area contributed by atoms with Crippen molar-refractivity contribution >= 4 is 17.5 Å². The smallest absolute Gasteiger partial charge is 0.265 e. The molecule has 5 nitrogen and oxygen atoms in total. The van der Waals surface area contributed by atoms with Crippen molar-refractivity contribution in [2.75, 3.05) is 5.32 Å². The minimum Gasteiger partial charge on any atom is -0.481 e. The Morgan fingerprint density at radius 3 is 2.26 bits per heavy atom. The molecular formula is C26H28N2O3. The van der Waals surface area contributed by atoms with Gasteiger partial charge >= 0.3 is 0 Å². The van der Waals surface area contributed by atoms with Crippen LogP contribution >= 0.6 is 0 Å². The number of hydrogen-bond acceptors (Lipinski definition) is 3. The maximum atomic E-state index is 12.9. The minimum atomic E-state index is -0.722. The van der Waals surface area contributed by atoms with Crippen LogP contribution in [0.1, 0.15) is 46.9 Å². The van der Waals surface area contributed by atoms with E-state index in [1.807, 2.05) is 69.3 Å². The average molecular weight is 417 g/mol. The summed E-state index contributed by atoms with van der Waals surface area (Å²) in [4.78, 5) is 25.6. The lowest BCUT2D eigenvalue weighted by atomic mass is 10.1. The summed E-state index contributed by atoms with van der Waals surface area (Å²) in [7, 11) is 0. The van der Waals surface area contributed by atoms with Gasteiger partial charge in [0.25, 0.3) is 11.8 Å². The van der Waals surface area contributed by atoms with Gasteiger partial charge in [0.15, 0.2) is 6.10 Å². The van der Waals surface area contributed by atoms with E-state index in [2.05, 4.69) is 10.6 Å². The van der Waals surface area contributed by atoms with E-state index >= 15 is 0 Å². The van der Waals surface area contributed by atoms with Crippen molar-refractivity contribution in [3.05, 3.63) is 95.1 Å². The standard InChI is InChI=1S/C26H28N2O3/c1-17-14-15-24(18(2)16-17)31-20(4)25(29)28-23-13-9-8-12-22(23)26(30)27-19(3)21-10-6-5-7-11-21/h5-16,19-20H,1-4H3,(H,27,30)(H,28,29)/t19-,20+/m1/s1. The van der Waals surface area contributed by atoms with Gasteiger partial charge in [0.1, 0.15) is 5.75 Å². The van der Waals surface area contributed by atoms with Crippen LogP contribution in [0, 0.1) is 13.8 Å². The van der Waals surface area contributed by atoms with Crippen LogP contribution in [0.15, 0.2) is 72.8 Å². The first-order valence-corrected chi connectivity index (χ1v) is 10.3. The number of aryl methyl sites for hydroxylation is 2. The Morgan fingerprint density at radius 1 is 0.871 bits per heavy atom. The van der Waals surface area contributed by atoms with Gasteiger partial charge in [-0.05, 0) is 57.0 Å². The molecule has 0 heterocycles. The van der Waals surface area contributed by atoms with Gasteiger partial charge in [0.05, 0.1) is 17.3 Å². The summed E-state index contributed by atoms with van der Waals surface area (Å²) in [6.07, 6.45) is -0.722. The van der Waals surface area contributed by atoms with Crippen molar-refractivity contribution in [3.8, 4) is 5.75 Å². The predicted octanol–water partition coefficient (Wildman–Crippen LogP) is 5.20. The molecule has 2 atom stereocenters. The first-order chi connectivity index (χ1) is 14.8. The molecule has 3 aromatic carbocycles. The maximum absolute atomic E-state index is 12.9. The topological polar surface area (TPSA) is 67.4 Å². The molecule has 0 saturated heterocycles. The molecule has 0 aromatic heterocycles. The quantitative estimate of drug-likeness (QED) is 0.556. The average Bonchev–Trinajstić information content (AvgIpc) is 2.76. The Labute approximate surface area is 183 Å². The highest BCUT2D eigenvalue weighted by atomic mass is 16.5. The summed E-state index contributed by atoms with van der Waals surface area (Å²) >= 11 is 0. The largest absolute Gasteiger partial charge is 0.481 e. The number of ether oxygens (including phenoxy) is 1. The lowest BCUT2D eigenvalue weighted by Gasteiger charge is -2.19. The number of rotatable bonds is 7. The highest BCUT2D eigenvalue weighted by molar-refractivity contribution is 6.04. The van der Waals surface area contributed by atoms with Gasteiger partial charge in [0.2, 0.25) is 0 Å². The van der Waals surface area contributed by atoms with Crippen LogP contribution in [-0.2, 0) is 4.79 Å². The number of para-hydroxylation sites is 1. The highest BCUT2D eigenvalue weighted by Gasteiger charge is 2.20. The van der Waals surface area contributed by atoms with Gasteiger partial charge in [-0.1, -0.05) is 60.2 Å². The molecule has 0 bridgehead atoms. The number of anilines is 1. The van der Waals surface area contributed by atoms with Crippen molar-refractivity contribution in [1.29, 1.82) is 0 Å². The second-order valence-corrected chi connectivity index (χ2v) is 7.67. The van der Waals surface area contributed by atoms with Crippen LogP contribution < -0.4 is 15.4 Å². The molecule has 0 fully saturated rings. The summed E-state index contributed by atoms with van der Waals surface area (Å²) in [5.41, 5.74) is 3.95. The normalized spacial score (nSPS) is 12.5. The van der Waals surface area contributed by atoms with Crippen LogP contribution in [0.4, 0.5) is 5.69 Å². The van der Waals surface area contributed by atoms with Crippen LogP contribution in [0.2, 0.25) is 0 Å². The molecule has 31 heavy (non-hydrogen) atoms. The molecule has 2 N–H and O–H groups in total. The molecule has 0 aliphatic heterocycles. The maximum Gasteiger partial charge on any atom is 0.265 e. The molecule has 0 spiro atoms. The minimum absolute atomic E-state index is 0.163. The fourth-order valence-electron chi connectivity index (χ4n) is 3.30. The van der Waals surface area contributed by atoms with Gasteiger partial charge in [-0.3, -0.25) is 9.59 Å². The predicted molar refractivity (Wildman–Crippen MR) is 123 cm³/mol. The number of carbonyl (C=O) groups is 2. The second kappa shape index (κ2) is 9.94. The molecule has 0 unspecified atom stereocenters. The van der Waals surface area contributed by atoms with E-state index in [0.29, 0.717) is 17.0 Å². The molecule has 0 aliphatic rings. The van der Waals surface area contributed by atoms with Crippen molar-refractivity contribution < 1.29 is 14.3 Å². The van der Waals surface area contributed by atoms with E-state index < -0.39 is 6.10 Å². The van der Waals surface area contributed by atoms with Crippen molar-refractivity contribution in [1.82, 2.24) is 5.32 Å². The third-order valence-electron chi connectivity index (χ3n) is 5.08. The molecule has 160 valence electrons. The van der Waals surface area contributed by atoms with Gasteiger partial charge < -0.3 is 15.4 Å². The molecule has 3 aromatic rings. The molecule has 0 saturated carbocycles. The number of carbonyl (C=O) groups excluding carboxylic acids is 2. The van der Waals surface area contributed by atoms with E-state index in [1.165, 1.54) is 0 Å². The van der Waals surface area contributed by atoms with Crippen LogP contribution in [-0.4, -0.2) is 17.9 Å². The highest BCUT2D eigenvalue weighted by Crippen LogP contribution is 2.22. The first kappa shape index (κ1) is 22.1. The molecule has 5 heteroatoms. The SMILES string of the molecule is Cc1ccc(O[C@@H](C)C(=O)Nc2ccccc2C(=O)N[C@H](C)c2ccccc2)c(C)c1. The van der Waals surface area contributed by atoms with Crippen molar-refractivity contribution in [2.24, 2.45) is 0 Å². The van der Waals surface area contributed by atoms with E-state index in [4.69, 9.17) is 4.74 Å². The third-order valence-corrected chi connectivity index (χ3v) is 5.08. The van der Waals surface area contributed by atoms with Gasteiger partial charge in [-0.2, -0.15) is 0 Å². The Hall–Kier alpha value is -3.60. The number of benzene rings is 3. The Kier molecular flexibility index (Phi) is 7.08. The molecular weight excluding hydrogens is 388 g/mol. The fraction of sp³-hybridized carbons (Fsp3) is 0.231. The van der Waals surface area contributed by atoms with E-state index in [0.717, 1.165) is 16.7 Å². The van der Waals surface area contributed by atoms with Crippen LogP contribution in [0.25, 0.3) is 0 Å². The Balaban J connectivity index is 1.69. The fourth-order valence-corrected chi connectivity index (χ4v) is 3.30. The summed E-state index contributed by atoms with van der Waals surface area (Å²) in [5, 5.41) is 5.82. The summed E-state index contributed by atoms with van der Waals surface area (Å²) in [5.74, 6) is 0.0856. The summed E-state index contributed by atoms with van der Waals surface area (Å²) in [6, 6.07) is 22.3. The van der Waals surface area contributed by atoms with Gasteiger partial charge in [-0.25, -0.2) is 0 Å². The lowest BCUT2D eigenvalue weighted by Crippen LogP contribution is -2.32. The third kappa shape index (κ3) is 5.72. The lowest BCUT2D eigenvalue weighted by molar-refractivity contribution is -0.122. The van der Waals surface area contributed by atoms with Crippen molar-refractivity contribution in [3.63, 3.8) is 0 Å². The zero-order valence-corrected chi connectivity index (χ0v) is 18.3. The monoisotopic (exact) mass is 416 g/mol. The van der Waals surface area contributed by atoms with Crippen LogP contribution in [0.5, 0.6) is 5.75 Å².